The van der Waals surface area contributed by atoms with Crippen LogP contribution in [0.5, 0.6) is 0 Å². The Kier molecular flexibility index (Phi) is 5.05. The Labute approximate surface area is 121 Å². The number of thioether (sulfide) groups is 1. The second kappa shape index (κ2) is 6.99. The highest BCUT2D eigenvalue weighted by atomic mass is 32.2. The summed E-state index contributed by atoms with van der Waals surface area (Å²) in [4.78, 5) is 16.1. The molecule has 2 heterocycles. The van der Waals surface area contributed by atoms with Gasteiger partial charge in [0.25, 0.3) is 0 Å². The van der Waals surface area contributed by atoms with Gasteiger partial charge < -0.3 is 5.32 Å². The van der Waals surface area contributed by atoms with Crippen molar-refractivity contribution in [1.82, 2.24) is 25.2 Å². The van der Waals surface area contributed by atoms with Gasteiger partial charge in [0, 0.05) is 12.2 Å². The highest BCUT2D eigenvalue weighted by molar-refractivity contribution is 7.99. The topological polar surface area (TPSA) is 85.6 Å². The van der Waals surface area contributed by atoms with Crippen LogP contribution >= 0.6 is 11.8 Å². The van der Waals surface area contributed by atoms with Gasteiger partial charge in [0.1, 0.15) is 5.82 Å². The predicted octanol–water partition coefficient (Wildman–Crippen LogP) is 1.52. The Morgan fingerprint density at radius 1 is 1.45 bits per heavy atom. The minimum atomic E-state index is -0.126. The molecule has 1 amide bonds. The molecule has 106 valence electrons. The van der Waals surface area contributed by atoms with Crippen LogP contribution in [0.2, 0.25) is 0 Å². The zero-order chi connectivity index (χ0) is 14.4. The first-order valence-electron chi connectivity index (χ1n) is 6.31. The highest BCUT2D eigenvalue weighted by Crippen LogP contribution is 2.14. The van der Waals surface area contributed by atoms with Gasteiger partial charge in [-0.25, -0.2) is 9.67 Å². The van der Waals surface area contributed by atoms with Crippen molar-refractivity contribution >= 4 is 23.5 Å². The molecule has 0 unspecified atom stereocenters. The Hall–Kier alpha value is -1.96. The summed E-state index contributed by atoms with van der Waals surface area (Å²) >= 11 is 1.31. The van der Waals surface area contributed by atoms with Crippen LogP contribution in [0.4, 0.5) is 5.82 Å². The van der Waals surface area contributed by atoms with E-state index in [-0.39, 0.29) is 11.7 Å². The molecule has 0 aromatic carbocycles. The molecule has 0 aliphatic heterocycles. The van der Waals surface area contributed by atoms with Gasteiger partial charge in [-0.1, -0.05) is 24.8 Å². The number of pyridine rings is 1. The van der Waals surface area contributed by atoms with Crippen LogP contribution in [-0.2, 0) is 11.3 Å². The fraction of sp³-hybridized carbons (Fsp3) is 0.417. The van der Waals surface area contributed by atoms with Crippen LogP contribution in [0, 0.1) is 6.92 Å². The molecule has 2 aromatic heterocycles. The number of hydrogen-bond donors (Lipinski definition) is 1. The van der Waals surface area contributed by atoms with Crippen molar-refractivity contribution < 1.29 is 4.79 Å². The molecule has 0 aliphatic rings. The monoisotopic (exact) mass is 292 g/mol. The van der Waals surface area contributed by atoms with Gasteiger partial charge in [0.15, 0.2) is 0 Å². The summed E-state index contributed by atoms with van der Waals surface area (Å²) in [7, 11) is 0. The zero-order valence-electron chi connectivity index (χ0n) is 11.4. The Bertz CT molecular complexity index is 585. The number of nitrogens with one attached hydrogen (secondary N) is 1. The first-order chi connectivity index (χ1) is 9.69. The van der Waals surface area contributed by atoms with Gasteiger partial charge in [-0.3, -0.25) is 4.79 Å². The third-order valence-electron chi connectivity index (χ3n) is 2.42. The van der Waals surface area contributed by atoms with Crippen molar-refractivity contribution in [2.75, 3.05) is 11.1 Å². The highest BCUT2D eigenvalue weighted by Gasteiger charge is 2.10. The predicted molar refractivity (Wildman–Crippen MR) is 76.4 cm³/mol. The molecule has 0 fully saturated rings. The lowest BCUT2D eigenvalue weighted by molar-refractivity contribution is -0.113. The molecule has 8 heteroatoms. The molecular formula is C12H16N6OS. The van der Waals surface area contributed by atoms with E-state index in [2.05, 4.69) is 25.8 Å². The van der Waals surface area contributed by atoms with E-state index in [1.54, 1.807) is 10.7 Å². The number of anilines is 1. The van der Waals surface area contributed by atoms with E-state index in [4.69, 9.17) is 0 Å². The lowest BCUT2D eigenvalue weighted by Gasteiger charge is -2.05. The molecule has 20 heavy (non-hydrogen) atoms. The van der Waals surface area contributed by atoms with E-state index in [9.17, 15) is 4.79 Å². The van der Waals surface area contributed by atoms with Gasteiger partial charge in [0.05, 0.1) is 5.75 Å². The van der Waals surface area contributed by atoms with Crippen molar-refractivity contribution in [3.8, 4) is 0 Å². The molecule has 0 atom stereocenters. The number of rotatable bonds is 6. The molecule has 0 bridgehead atoms. The third kappa shape index (κ3) is 4.02. The van der Waals surface area contributed by atoms with Gasteiger partial charge >= 0.3 is 0 Å². The molecule has 0 aliphatic carbocycles. The van der Waals surface area contributed by atoms with Gasteiger partial charge in [-0.05, 0) is 35.9 Å². The summed E-state index contributed by atoms with van der Waals surface area (Å²) in [5.41, 5.74) is 0.863. The number of aryl methyl sites for hydroxylation is 2. The molecular weight excluding hydrogens is 276 g/mol. The number of carbonyl (C=O) groups is 1. The number of amides is 1. The second-order valence-corrected chi connectivity index (χ2v) is 5.13. The van der Waals surface area contributed by atoms with Crippen LogP contribution in [0.25, 0.3) is 0 Å². The molecule has 2 rings (SSSR count). The first-order valence-corrected chi connectivity index (χ1v) is 7.30. The summed E-state index contributed by atoms with van der Waals surface area (Å²) in [5, 5.41) is 14.8. The van der Waals surface area contributed by atoms with Crippen molar-refractivity contribution in [1.29, 1.82) is 0 Å². The van der Waals surface area contributed by atoms with Crippen molar-refractivity contribution in [3.63, 3.8) is 0 Å². The number of nitrogens with zero attached hydrogens (tertiary/aromatic N) is 5. The summed E-state index contributed by atoms with van der Waals surface area (Å²) < 4.78 is 1.70. The van der Waals surface area contributed by atoms with Crippen molar-refractivity contribution in [3.05, 3.63) is 23.9 Å². The maximum atomic E-state index is 11.8. The molecule has 2 aromatic rings. The molecule has 1 N–H and O–H groups in total. The lowest BCUT2D eigenvalue weighted by atomic mass is 10.4. The summed E-state index contributed by atoms with van der Waals surface area (Å²) in [6, 6.07) is 5.49. The molecule has 7 nitrogen and oxygen atoms in total. The van der Waals surface area contributed by atoms with E-state index in [0.29, 0.717) is 11.0 Å². The first kappa shape index (κ1) is 14.4. The van der Waals surface area contributed by atoms with E-state index >= 15 is 0 Å². The van der Waals surface area contributed by atoms with E-state index in [1.165, 1.54) is 11.8 Å². The van der Waals surface area contributed by atoms with Crippen LogP contribution in [0.1, 0.15) is 19.0 Å². The fourth-order valence-corrected chi connectivity index (χ4v) is 2.28. The fourth-order valence-electron chi connectivity index (χ4n) is 1.57. The van der Waals surface area contributed by atoms with Crippen LogP contribution in [-0.4, -0.2) is 36.9 Å². The second-order valence-electron chi connectivity index (χ2n) is 4.19. The average Bonchev–Trinajstić information content (AvgIpc) is 2.84. The molecule has 0 spiro atoms. The Balaban J connectivity index is 1.87. The van der Waals surface area contributed by atoms with Gasteiger partial charge in [-0.2, -0.15) is 0 Å². The number of carbonyl (C=O) groups excluding carboxylic acids is 1. The Morgan fingerprint density at radius 2 is 2.30 bits per heavy atom. The minimum absolute atomic E-state index is 0.126. The van der Waals surface area contributed by atoms with Gasteiger partial charge in [0.2, 0.25) is 11.1 Å². The largest absolute Gasteiger partial charge is 0.310 e. The molecule has 0 radical (unpaired) electrons. The number of aromatic nitrogens is 5. The summed E-state index contributed by atoms with van der Waals surface area (Å²) in [5.74, 6) is 0.683. The normalized spacial score (nSPS) is 10.5. The quantitative estimate of drug-likeness (QED) is 0.812. The van der Waals surface area contributed by atoms with Gasteiger partial charge in [-0.15, -0.1) is 5.10 Å². The van der Waals surface area contributed by atoms with Crippen LogP contribution in [0.3, 0.4) is 0 Å². The Morgan fingerprint density at radius 3 is 3.05 bits per heavy atom. The van der Waals surface area contributed by atoms with Crippen molar-refractivity contribution in [2.24, 2.45) is 0 Å². The van der Waals surface area contributed by atoms with Crippen LogP contribution < -0.4 is 5.32 Å². The van der Waals surface area contributed by atoms with Crippen molar-refractivity contribution in [2.45, 2.75) is 32.0 Å². The zero-order valence-corrected chi connectivity index (χ0v) is 12.2. The van der Waals surface area contributed by atoms with E-state index < -0.39 is 0 Å². The molecule has 0 saturated carbocycles. The number of hydrogen-bond acceptors (Lipinski definition) is 6. The standard InChI is InChI=1S/C12H16N6OS/c1-3-7-18-12(15-16-17-18)20-8-11(19)14-10-6-4-5-9(2)13-10/h4-6H,3,7-8H2,1-2H3,(H,13,14,19). The van der Waals surface area contributed by atoms with Crippen LogP contribution in [0.15, 0.2) is 23.4 Å². The molecule has 0 saturated heterocycles. The number of tetrazole rings is 1. The lowest BCUT2D eigenvalue weighted by Crippen LogP contribution is -2.15. The summed E-state index contributed by atoms with van der Waals surface area (Å²) in [6.45, 7) is 4.67. The summed E-state index contributed by atoms with van der Waals surface area (Å²) in [6.07, 6.45) is 0.942. The minimum Gasteiger partial charge on any atom is -0.310 e. The van der Waals surface area contributed by atoms with E-state index in [1.807, 2.05) is 26.0 Å². The van der Waals surface area contributed by atoms with E-state index in [0.717, 1.165) is 18.7 Å². The average molecular weight is 292 g/mol. The smallest absolute Gasteiger partial charge is 0.236 e. The SMILES string of the molecule is CCCn1nnnc1SCC(=O)Nc1cccc(C)n1. The maximum absolute atomic E-state index is 11.8. The maximum Gasteiger partial charge on any atom is 0.236 e. The third-order valence-corrected chi connectivity index (χ3v) is 3.38.